The van der Waals surface area contributed by atoms with Gasteiger partial charge in [-0.15, -0.1) is 0 Å². The molecule has 3 nitrogen and oxygen atoms in total. The fraction of sp³-hybridized carbons (Fsp3) is 0.316. The van der Waals surface area contributed by atoms with Crippen molar-refractivity contribution in [1.29, 1.82) is 0 Å². The predicted molar refractivity (Wildman–Crippen MR) is 85.7 cm³/mol. The molecule has 0 aliphatic rings. The molecular formula is C19H23NO2. The topological polar surface area (TPSA) is 40.1 Å². The molecule has 0 saturated carbocycles. The van der Waals surface area contributed by atoms with Crippen molar-refractivity contribution < 1.29 is 14.4 Å². The Kier molecular flexibility index (Phi) is 4.67. The standard InChI is InChI=1S/C19H23NO2/c1-19(2,3)20(18(21)22,14-16-10-6-4-7-11-16)15-17-12-8-5-9-13-17/h4-13H,14-15H2,1-3H3. The van der Waals surface area contributed by atoms with Gasteiger partial charge in [0.1, 0.15) is 13.1 Å². The van der Waals surface area contributed by atoms with Crippen LogP contribution in [0, 0.1) is 0 Å². The van der Waals surface area contributed by atoms with Gasteiger partial charge >= 0.3 is 0 Å². The van der Waals surface area contributed by atoms with Crippen LogP contribution < -0.4 is 5.11 Å². The zero-order chi connectivity index (χ0) is 16.2. The minimum absolute atomic E-state index is 0.138. The molecule has 0 N–H and O–H groups in total. The Morgan fingerprint density at radius 2 is 1.23 bits per heavy atom. The summed E-state index contributed by atoms with van der Waals surface area (Å²) in [5.74, 6) is 0. The van der Waals surface area contributed by atoms with Crippen LogP contribution in [0.2, 0.25) is 0 Å². The minimum atomic E-state index is -1.04. The summed E-state index contributed by atoms with van der Waals surface area (Å²) < 4.78 is -0.138. The van der Waals surface area contributed by atoms with Crippen LogP contribution in [-0.2, 0) is 13.1 Å². The highest BCUT2D eigenvalue weighted by Gasteiger charge is 2.42. The van der Waals surface area contributed by atoms with Crippen LogP contribution in [0.3, 0.4) is 0 Å². The molecule has 2 aromatic rings. The van der Waals surface area contributed by atoms with Crippen molar-refractivity contribution in [2.45, 2.75) is 39.4 Å². The zero-order valence-corrected chi connectivity index (χ0v) is 13.5. The summed E-state index contributed by atoms with van der Waals surface area (Å²) in [7, 11) is 0. The van der Waals surface area contributed by atoms with E-state index in [1.54, 1.807) is 0 Å². The maximum absolute atomic E-state index is 12.1. The fourth-order valence-corrected chi connectivity index (χ4v) is 2.72. The normalized spacial score (nSPS) is 12.1. The van der Waals surface area contributed by atoms with Crippen LogP contribution in [0.4, 0.5) is 4.79 Å². The lowest BCUT2D eigenvalue weighted by Gasteiger charge is -2.48. The Hall–Kier alpha value is -2.13. The first-order valence-corrected chi connectivity index (χ1v) is 7.52. The van der Waals surface area contributed by atoms with Gasteiger partial charge in [0.2, 0.25) is 0 Å². The van der Waals surface area contributed by atoms with Gasteiger partial charge in [-0.05, 0) is 20.8 Å². The van der Waals surface area contributed by atoms with E-state index >= 15 is 0 Å². The molecule has 0 bridgehead atoms. The van der Waals surface area contributed by atoms with Crippen LogP contribution in [0.1, 0.15) is 31.9 Å². The molecule has 2 aromatic carbocycles. The molecule has 0 fully saturated rings. The number of hydrogen-bond donors (Lipinski definition) is 0. The van der Waals surface area contributed by atoms with Gasteiger partial charge < -0.3 is 9.90 Å². The minimum Gasteiger partial charge on any atom is -0.498 e. The maximum atomic E-state index is 12.1. The third-order valence-corrected chi connectivity index (χ3v) is 4.22. The molecule has 0 aliphatic heterocycles. The van der Waals surface area contributed by atoms with E-state index in [0.717, 1.165) is 11.1 Å². The van der Waals surface area contributed by atoms with E-state index in [0.29, 0.717) is 13.1 Å². The van der Waals surface area contributed by atoms with Gasteiger partial charge in [0.05, 0.1) is 5.54 Å². The van der Waals surface area contributed by atoms with Crippen molar-refractivity contribution in [3.05, 3.63) is 71.8 Å². The number of carbonyl (C=O) groups is 1. The number of quaternary nitrogens is 1. The zero-order valence-electron chi connectivity index (χ0n) is 13.5. The number of nitrogens with zero attached hydrogens (tertiary/aromatic N) is 1. The van der Waals surface area contributed by atoms with E-state index in [2.05, 4.69) is 0 Å². The lowest BCUT2D eigenvalue weighted by molar-refractivity contribution is -0.943. The second kappa shape index (κ2) is 6.32. The number of benzene rings is 2. The van der Waals surface area contributed by atoms with E-state index in [9.17, 15) is 9.90 Å². The molecule has 0 radical (unpaired) electrons. The molecule has 0 spiro atoms. The first kappa shape index (κ1) is 16.2. The Balaban J connectivity index is 2.45. The van der Waals surface area contributed by atoms with Crippen molar-refractivity contribution in [3.63, 3.8) is 0 Å². The van der Waals surface area contributed by atoms with Gasteiger partial charge in [0, 0.05) is 11.1 Å². The van der Waals surface area contributed by atoms with E-state index in [4.69, 9.17) is 0 Å². The largest absolute Gasteiger partial charge is 0.498 e. The SMILES string of the molecule is CC(C)(C)[N+](Cc1ccccc1)(Cc1ccccc1)C(=O)[O-]. The first-order valence-electron chi connectivity index (χ1n) is 7.52. The Morgan fingerprint density at radius 1 is 0.864 bits per heavy atom. The predicted octanol–water partition coefficient (Wildman–Crippen LogP) is 3.35. The average Bonchev–Trinajstić information content (AvgIpc) is 2.47. The molecular weight excluding hydrogens is 274 g/mol. The van der Waals surface area contributed by atoms with Crippen molar-refractivity contribution in [2.24, 2.45) is 0 Å². The van der Waals surface area contributed by atoms with Gasteiger partial charge in [0.15, 0.2) is 0 Å². The Labute approximate surface area is 132 Å². The molecule has 116 valence electrons. The highest BCUT2D eigenvalue weighted by Crippen LogP contribution is 2.31. The third-order valence-electron chi connectivity index (χ3n) is 4.22. The van der Waals surface area contributed by atoms with Crippen molar-refractivity contribution in [1.82, 2.24) is 0 Å². The fourth-order valence-electron chi connectivity index (χ4n) is 2.72. The second-order valence-electron chi connectivity index (χ2n) is 6.69. The van der Waals surface area contributed by atoms with E-state index in [1.807, 2.05) is 81.4 Å². The summed E-state index contributed by atoms with van der Waals surface area (Å²) in [6.07, 6.45) is -1.04. The Bertz CT molecular complexity index is 573. The van der Waals surface area contributed by atoms with Gasteiger partial charge in [-0.25, -0.2) is 0 Å². The number of rotatable bonds is 4. The molecule has 3 heteroatoms. The number of amides is 1. The van der Waals surface area contributed by atoms with Crippen LogP contribution in [0.5, 0.6) is 0 Å². The molecule has 0 heterocycles. The second-order valence-corrected chi connectivity index (χ2v) is 6.69. The summed E-state index contributed by atoms with van der Waals surface area (Å²) in [5, 5.41) is 12.1. The van der Waals surface area contributed by atoms with Crippen LogP contribution in [-0.4, -0.2) is 16.1 Å². The van der Waals surface area contributed by atoms with Gasteiger partial charge in [-0.3, -0.25) is 4.48 Å². The smallest absolute Gasteiger partial charge is 0.258 e. The Morgan fingerprint density at radius 3 is 1.50 bits per heavy atom. The van der Waals surface area contributed by atoms with Crippen molar-refractivity contribution in [3.8, 4) is 0 Å². The lowest BCUT2D eigenvalue weighted by atomic mass is 9.98. The van der Waals surface area contributed by atoms with E-state index < -0.39 is 11.6 Å². The molecule has 1 amide bonds. The summed E-state index contributed by atoms with van der Waals surface area (Å²) in [4.78, 5) is 12.1. The highest BCUT2D eigenvalue weighted by molar-refractivity contribution is 5.55. The first-order chi connectivity index (χ1) is 10.3. The summed E-state index contributed by atoms with van der Waals surface area (Å²) >= 11 is 0. The van der Waals surface area contributed by atoms with Crippen LogP contribution in [0.25, 0.3) is 0 Å². The monoisotopic (exact) mass is 297 g/mol. The van der Waals surface area contributed by atoms with Gasteiger partial charge in [-0.1, -0.05) is 60.7 Å². The van der Waals surface area contributed by atoms with E-state index in [1.165, 1.54) is 0 Å². The lowest BCUT2D eigenvalue weighted by Crippen LogP contribution is -2.66. The number of hydrogen-bond acceptors (Lipinski definition) is 2. The molecule has 0 saturated heterocycles. The van der Waals surface area contributed by atoms with Gasteiger partial charge in [-0.2, -0.15) is 0 Å². The van der Waals surface area contributed by atoms with Crippen molar-refractivity contribution >= 4 is 6.09 Å². The molecule has 0 aliphatic carbocycles. The molecule has 0 aromatic heterocycles. The average molecular weight is 297 g/mol. The molecule has 2 rings (SSSR count). The van der Waals surface area contributed by atoms with Gasteiger partial charge in [0.25, 0.3) is 6.09 Å². The quantitative estimate of drug-likeness (QED) is 0.812. The highest BCUT2D eigenvalue weighted by atomic mass is 16.4. The maximum Gasteiger partial charge on any atom is 0.258 e. The third kappa shape index (κ3) is 3.37. The summed E-state index contributed by atoms with van der Waals surface area (Å²) in [6, 6.07) is 19.5. The number of carboxylic acid groups (broad SMARTS) is 1. The molecule has 0 unspecified atom stereocenters. The summed E-state index contributed by atoms with van der Waals surface area (Å²) in [6.45, 7) is 6.67. The van der Waals surface area contributed by atoms with Crippen LogP contribution in [0.15, 0.2) is 60.7 Å². The summed E-state index contributed by atoms with van der Waals surface area (Å²) in [5.41, 5.74) is 1.51. The van der Waals surface area contributed by atoms with Crippen molar-refractivity contribution in [2.75, 3.05) is 0 Å². The number of carbonyl (C=O) groups excluding carboxylic acids is 1. The van der Waals surface area contributed by atoms with Crippen LogP contribution >= 0.6 is 0 Å². The molecule has 22 heavy (non-hydrogen) atoms. The molecule has 0 atom stereocenters. The van der Waals surface area contributed by atoms with E-state index in [-0.39, 0.29) is 4.48 Å².